The van der Waals surface area contributed by atoms with E-state index < -0.39 is 5.97 Å². The van der Waals surface area contributed by atoms with Crippen molar-refractivity contribution in [1.29, 1.82) is 0 Å². The first-order chi connectivity index (χ1) is 9.25. The van der Waals surface area contributed by atoms with Crippen LogP contribution in [0, 0.1) is 0 Å². The van der Waals surface area contributed by atoms with Crippen LogP contribution in [-0.4, -0.2) is 26.0 Å². The highest BCUT2D eigenvalue weighted by Crippen LogP contribution is 2.20. The van der Waals surface area contributed by atoms with Gasteiger partial charge in [0.1, 0.15) is 0 Å². The third kappa shape index (κ3) is 2.01. The number of aromatic carboxylic acids is 1. The van der Waals surface area contributed by atoms with Crippen LogP contribution in [-0.2, 0) is 0 Å². The van der Waals surface area contributed by atoms with Gasteiger partial charge in [-0.2, -0.15) is 0 Å². The number of pyridine rings is 1. The summed E-state index contributed by atoms with van der Waals surface area (Å²) in [6.45, 7) is 0. The molecular formula is C14H9N3O2. The van der Waals surface area contributed by atoms with Gasteiger partial charge in [-0.1, -0.05) is 18.2 Å². The third-order valence-electron chi connectivity index (χ3n) is 2.73. The lowest BCUT2D eigenvalue weighted by Gasteiger charge is -2.05. The maximum absolute atomic E-state index is 11.3. The minimum atomic E-state index is -1.07. The number of carbonyl (C=O) groups is 1. The molecule has 0 atom stereocenters. The highest BCUT2D eigenvalue weighted by Gasteiger charge is 2.14. The van der Waals surface area contributed by atoms with Gasteiger partial charge >= 0.3 is 5.97 Å². The first kappa shape index (κ1) is 11.3. The Morgan fingerprint density at radius 2 is 1.89 bits per heavy atom. The maximum Gasteiger partial charge on any atom is 0.355 e. The smallest absolute Gasteiger partial charge is 0.355 e. The summed E-state index contributed by atoms with van der Waals surface area (Å²) < 4.78 is 0. The van der Waals surface area contributed by atoms with Crippen molar-refractivity contribution in [2.45, 2.75) is 0 Å². The van der Waals surface area contributed by atoms with Gasteiger partial charge in [-0.05, 0) is 18.2 Å². The second-order valence-electron chi connectivity index (χ2n) is 3.96. The first-order valence-electron chi connectivity index (χ1n) is 5.66. The quantitative estimate of drug-likeness (QED) is 0.756. The van der Waals surface area contributed by atoms with Crippen LogP contribution >= 0.6 is 0 Å². The summed E-state index contributed by atoms with van der Waals surface area (Å²) in [6, 6.07) is 10.6. The summed E-state index contributed by atoms with van der Waals surface area (Å²) >= 11 is 0. The number of aromatic nitrogens is 3. The molecule has 2 aromatic heterocycles. The zero-order valence-corrected chi connectivity index (χ0v) is 9.82. The van der Waals surface area contributed by atoms with Crippen LogP contribution in [0.2, 0.25) is 0 Å². The standard InChI is InChI=1S/C14H9N3O2/c18-14(19)12-10-5-1-2-6-11(10)16-13(17-12)9-4-3-7-15-8-9/h1-8H,(H,18,19). The van der Waals surface area contributed by atoms with Gasteiger partial charge in [-0.25, -0.2) is 14.8 Å². The molecule has 5 nitrogen and oxygen atoms in total. The molecule has 19 heavy (non-hydrogen) atoms. The molecule has 0 bridgehead atoms. The van der Waals surface area contributed by atoms with Crippen molar-refractivity contribution in [2.24, 2.45) is 0 Å². The van der Waals surface area contributed by atoms with Crippen molar-refractivity contribution in [2.75, 3.05) is 0 Å². The molecule has 0 aliphatic heterocycles. The molecule has 3 rings (SSSR count). The van der Waals surface area contributed by atoms with E-state index in [1.165, 1.54) is 0 Å². The molecule has 5 heteroatoms. The van der Waals surface area contributed by atoms with E-state index in [1.54, 1.807) is 42.7 Å². The van der Waals surface area contributed by atoms with Gasteiger partial charge in [0.2, 0.25) is 0 Å². The molecule has 0 unspecified atom stereocenters. The van der Waals surface area contributed by atoms with E-state index >= 15 is 0 Å². The maximum atomic E-state index is 11.3. The Bertz CT molecular complexity index is 757. The van der Waals surface area contributed by atoms with Gasteiger partial charge in [0.25, 0.3) is 0 Å². The van der Waals surface area contributed by atoms with E-state index in [2.05, 4.69) is 15.0 Å². The summed E-state index contributed by atoms with van der Waals surface area (Å²) in [5.41, 5.74) is 1.30. The SMILES string of the molecule is O=C(O)c1nc(-c2cccnc2)nc2ccccc12. The molecule has 0 saturated carbocycles. The fourth-order valence-electron chi connectivity index (χ4n) is 1.86. The molecule has 0 spiro atoms. The monoisotopic (exact) mass is 251 g/mol. The minimum absolute atomic E-state index is 0.00412. The molecule has 0 aliphatic carbocycles. The third-order valence-corrected chi connectivity index (χ3v) is 2.73. The number of hydrogen-bond acceptors (Lipinski definition) is 4. The summed E-state index contributed by atoms with van der Waals surface area (Å²) in [4.78, 5) is 23.8. The summed E-state index contributed by atoms with van der Waals surface area (Å²) in [6.07, 6.45) is 3.25. The Labute approximate surface area is 108 Å². The van der Waals surface area contributed by atoms with E-state index in [-0.39, 0.29) is 5.69 Å². The predicted molar refractivity (Wildman–Crippen MR) is 69.7 cm³/mol. The number of benzene rings is 1. The van der Waals surface area contributed by atoms with Gasteiger partial charge in [0.15, 0.2) is 11.5 Å². The Kier molecular flexibility index (Phi) is 2.64. The summed E-state index contributed by atoms with van der Waals surface area (Å²) in [5, 5.41) is 9.78. The van der Waals surface area contributed by atoms with Crippen LogP contribution in [0.3, 0.4) is 0 Å². The molecule has 0 amide bonds. The predicted octanol–water partition coefficient (Wildman–Crippen LogP) is 2.39. The molecule has 3 aromatic rings. The Morgan fingerprint density at radius 1 is 1.05 bits per heavy atom. The van der Waals surface area contributed by atoms with Crippen LogP contribution in [0.25, 0.3) is 22.3 Å². The molecule has 1 N–H and O–H groups in total. The van der Waals surface area contributed by atoms with Crippen molar-refractivity contribution < 1.29 is 9.90 Å². The van der Waals surface area contributed by atoms with Gasteiger partial charge < -0.3 is 5.11 Å². The Morgan fingerprint density at radius 3 is 2.63 bits per heavy atom. The molecule has 0 radical (unpaired) electrons. The normalized spacial score (nSPS) is 10.5. The lowest BCUT2D eigenvalue weighted by atomic mass is 10.1. The first-order valence-corrected chi connectivity index (χ1v) is 5.66. The Balaban J connectivity index is 2.31. The number of carboxylic acids is 1. The number of para-hydroxylation sites is 1. The van der Waals surface area contributed by atoms with Crippen molar-refractivity contribution in [3.63, 3.8) is 0 Å². The number of hydrogen-bond donors (Lipinski definition) is 1. The van der Waals surface area contributed by atoms with Crippen molar-refractivity contribution in [1.82, 2.24) is 15.0 Å². The average Bonchev–Trinajstić information content (AvgIpc) is 2.47. The van der Waals surface area contributed by atoms with E-state index in [0.29, 0.717) is 22.3 Å². The minimum Gasteiger partial charge on any atom is -0.476 e. The largest absolute Gasteiger partial charge is 0.476 e. The van der Waals surface area contributed by atoms with Crippen molar-refractivity contribution >= 4 is 16.9 Å². The van der Waals surface area contributed by atoms with Crippen LogP contribution in [0.1, 0.15) is 10.5 Å². The lowest BCUT2D eigenvalue weighted by Crippen LogP contribution is -2.04. The second-order valence-corrected chi connectivity index (χ2v) is 3.96. The lowest BCUT2D eigenvalue weighted by molar-refractivity contribution is 0.0693. The highest BCUT2D eigenvalue weighted by molar-refractivity contribution is 6.01. The molecule has 1 aromatic carbocycles. The van der Waals surface area contributed by atoms with Crippen LogP contribution in [0.15, 0.2) is 48.8 Å². The fourth-order valence-corrected chi connectivity index (χ4v) is 1.86. The fraction of sp³-hybridized carbons (Fsp3) is 0. The zero-order valence-electron chi connectivity index (χ0n) is 9.82. The van der Waals surface area contributed by atoms with Crippen molar-refractivity contribution in [3.8, 4) is 11.4 Å². The van der Waals surface area contributed by atoms with Crippen molar-refractivity contribution in [3.05, 3.63) is 54.5 Å². The van der Waals surface area contributed by atoms with E-state index in [4.69, 9.17) is 0 Å². The van der Waals surface area contributed by atoms with E-state index in [9.17, 15) is 9.90 Å². The van der Waals surface area contributed by atoms with Gasteiger partial charge in [0, 0.05) is 23.3 Å². The van der Waals surface area contributed by atoms with Gasteiger partial charge in [-0.15, -0.1) is 0 Å². The van der Waals surface area contributed by atoms with Gasteiger partial charge in [0.05, 0.1) is 5.52 Å². The van der Waals surface area contributed by atoms with E-state index in [1.807, 2.05) is 6.07 Å². The molecule has 0 saturated heterocycles. The number of fused-ring (bicyclic) bond motifs is 1. The number of carboxylic acid groups (broad SMARTS) is 1. The summed E-state index contributed by atoms with van der Waals surface area (Å²) in [7, 11) is 0. The van der Waals surface area contributed by atoms with Gasteiger partial charge in [-0.3, -0.25) is 4.98 Å². The number of nitrogens with zero attached hydrogens (tertiary/aromatic N) is 3. The van der Waals surface area contributed by atoms with E-state index in [0.717, 1.165) is 0 Å². The number of rotatable bonds is 2. The Hall–Kier alpha value is -2.82. The van der Waals surface area contributed by atoms with Crippen LogP contribution < -0.4 is 0 Å². The molecule has 0 fully saturated rings. The van der Waals surface area contributed by atoms with Crippen LogP contribution in [0.5, 0.6) is 0 Å². The van der Waals surface area contributed by atoms with Crippen LogP contribution in [0.4, 0.5) is 0 Å². The molecule has 0 aliphatic rings. The highest BCUT2D eigenvalue weighted by atomic mass is 16.4. The molecule has 2 heterocycles. The topological polar surface area (TPSA) is 76.0 Å². The second kappa shape index (κ2) is 4.45. The summed E-state index contributed by atoms with van der Waals surface area (Å²) in [5.74, 6) is -0.701. The molecular weight excluding hydrogens is 242 g/mol. The average molecular weight is 251 g/mol. The zero-order chi connectivity index (χ0) is 13.2. The molecule has 92 valence electrons.